The van der Waals surface area contributed by atoms with Crippen LogP contribution in [-0.4, -0.2) is 5.78 Å². The smallest absolute Gasteiger partial charge is 0.142 e. The number of rotatable bonds is 4. The van der Waals surface area contributed by atoms with E-state index in [-0.39, 0.29) is 29.2 Å². The van der Waals surface area contributed by atoms with Crippen molar-refractivity contribution in [2.75, 3.05) is 0 Å². The minimum atomic E-state index is -0.444. The number of hydrogen-bond donors (Lipinski definition) is 0. The topological polar surface area (TPSA) is 17.1 Å². The van der Waals surface area contributed by atoms with Gasteiger partial charge >= 0.3 is 0 Å². The number of thiophene rings is 1. The van der Waals surface area contributed by atoms with Crippen LogP contribution >= 0.6 is 34.5 Å². The van der Waals surface area contributed by atoms with E-state index in [4.69, 9.17) is 23.2 Å². The summed E-state index contributed by atoms with van der Waals surface area (Å²) in [5, 5.41) is 0.285. The van der Waals surface area contributed by atoms with E-state index < -0.39 is 5.82 Å². The van der Waals surface area contributed by atoms with E-state index in [2.05, 4.69) is 0 Å². The second-order valence-electron chi connectivity index (χ2n) is 3.80. The van der Waals surface area contributed by atoms with Crippen LogP contribution in [-0.2, 0) is 17.6 Å². The van der Waals surface area contributed by atoms with Gasteiger partial charge in [-0.3, -0.25) is 4.79 Å². The van der Waals surface area contributed by atoms with Crippen LogP contribution in [0.25, 0.3) is 0 Å². The van der Waals surface area contributed by atoms with Crippen molar-refractivity contribution in [1.82, 2.24) is 0 Å². The SMILES string of the molecule is O=C(Cc1ccc(Cl)s1)Cc1c(F)cccc1Cl. The Kier molecular flexibility index (Phi) is 4.38. The normalized spacial score (nSPS) is 10.6. The van der Waals surface area contributed by atoms with Crippen molar-refractivity contribution in [2.24, 2.45) is 0 Å². The van der Waals surface area contributed by atoms with E-state index in [0.29, 0.717) is 4.34 Å². The number of halogens is 3. The molecule has 2 aromatic rings. The van der Waals surface area contributed by atoms with Crippen molar-refractivity contribution in [3.05, 3.63) is 55.9 Å². The zero-order valence-corrected chi connectivity index (χ0v) is 11.6. The third kappa shape index (κ3) is 3.31. The molecular weight excluding hydrogens is 294 g/mol. The summed E-state index contributed by atoms with van der Waals surface area (Å²) in [6, 6.07) is 7.94. The van der Waals surface area contributed by atoms with Gasteiger partial charge in [0.25, 0.3) is 0 Å². The van der Waals surface area contributed by atoms with Crippen LogP contribution in [0.3, 0.4) is 0 Å². The molecule has 2 rings (SSSR count). The molecule has 1 aromatic heterocycles. The first-order valence-electron chi connectivity index (χ1n) is 5.25. The largest absolute Gasteiger partial charge is 0.299 e. The summed E-state index contributed by atoms with van der Waals surface area (Å²) in [5.74, 6) is -0.527. The van der Waals surface area contributed by atoms with Gasteiger partial charge in [-0.2, -0.15) is 0 Å². The Hall–Kier alpha value is -0.900. The summed E-state index contributed by atoms with van der Waals surface area (Å²) in [7, 11) is 0. The van der Waals surface area contributed by atoms with Crippen molar-refractivity contribution in [3.8, 4) is 0 Å². The van der Waals surface area contributed by atoms with Gasteiger partial charge in [-0.25, -0.2) is 4.39 Å². The number of benzene rings is 1. The molecule has 0 unspecified atom stereocenters. The lowest BCUT2D eigenvalue weighted by atomic mass is 10.1. The molecule has 94 valence electrons. The number of Topliss-reactive ketones (excluding diaryl/α,β-unsaturated/α-hetero) is 1. The molecule has 0 aliphatic carbocycles. The summed E-state index contributed by atoms with van der Waals surface area (Å²) >= 11 is 13.0. The molecule has 1 heterocycles. The lowest BCUT2D eigenvalue weighted by molar-refractivity contribution is -0.117. The molecule has 0 aliphatic rings. The van der Waals surface area contributed by atoms with Crippen LogP contribution < -0.4 is 0 Å². The average molecular weight is 303 g/mol. The van der Waals surface area contributed by atoms with Crippen LogP contribution in [0.2, 0.25) is 9.36 Å². The number of hydrogen-bond acceptors (Lipinski definition) is 2. The molecule has 0 saturated carbocycles. The van der Waals surface area contributed by atoms with Gasteiger partial charge in [0.1, 0.15) is 11.6 Å². The highest BCUT2D eigenvalue weighted by Gasteiger charge is 2.13. The highest BCUT2D eigenvalue weighted by Crippen LogP contribution is 2.24. The quantitative estimate of drug-likeness (QED) is 0.810. The maximum atomic E-state index is 13.5. The first-order chi connectivity index (χ1) is 8.56. The average Bonchev–Trinajstić information content (AvgIpc) is 2.69. The van der Waals surface area contributed by atoms with Gasteiger partial charge in [-0.1, -0.05) is 29.3 Å². The highest BCUT2D eigenvalue weighted by atomic mass is 35.5. The molecule has 1 aromatic carbocycles. The summed E-state index contributed by atoms with van der Waals surface area (Å²) in [5.41, 5.74) is 0.256. The van der Waals surface area contributed by atoms with E-state index in [0.717, 1.165) is 4.88 Å². The maximum absolute atomic E-state index is 13.5. The van der Waals surface area contributed by atoms with Crippen LogP contribution in [0.15, 0.2) is 30.3 Å². The predicted molar refractivity (Wildman–Crippen MR) is 73.2 cm³/mol. The first kappa shape index (κ1) is 13.5. The first-order valence-corrected chi connectivity index (χ1v) is 6.82. The summed E-state index contributed by atoms with van der Waals surface area (Å²) in [4.78, 5) is 12.7. The summed E-state index contributed by atoms with van der Waals surface area (Å²) < 4.78 is 14.1. The molecule has 0 radical (unpaired) electrons. The molecule has 5 heteroatoms. The fourth-order valence-corrected chi connectivity index (χ4v) is 2.95. The van der Waals surface area contributed by atoms with E-state index in [1.54, 1.807) is 18.2 Å². The number of carbonyl (C=O) groups excluding carboxylic acids is 1. The van der Waals surface area contributed by atoms with E-state index >= 15 is 0 Å². The molecule has 18 heavy (non-hydrogen) atoms. The fourth-order valence-electron chi connectivity index (χ4n) is 1.60. The zero-order chi connectivity index (χ0) is 13.1. The minimum absolute atomic E-state index is 0.00102. The van der Waals surface area contributed by atoms with E-state index in [1.807, 2.05) is 0 Å². The zero-order valence-electron chi connectivity index (χ0n) is 9.25. The van der Waals surface area contributed by atoms with Gasteiger partial charge < -0.3 is 0 Å². The molecule has 0 fully saturated rings. The lowest BCUT2D eigenvalue weighted by Gasteiger charge is -2.04. The van der Waals surface area contributed by atoms with Crippen molar-refractivity contribution in [3.63, 3.8) is 0 Å². The van der Waals surface area contributed by atoms with E-state index in [1.165, 1.54) is 23.5 Å². The van der Waals surface area contributed by atoms with Crippen LogP contribution in [0, 0.1) is 5.82 Å². The molecule has 0 N–H and O–H groups in total. The fraction of sp³-hybridized carbons (Fsp3) is 0.154. The standard InChI is InChI=1S/C13H9Cl2FOS/c14-11-2-1-3-12(16)10(11)7-8(17)6-9-4-5-13(15)18-9/h1-5H,6-7H2. The lowest BCUT2D eigenvalue weighted by Crippen LogP contribution is -2.07. The molecule has 0 saturated heterocycles. The van der Waals surface area contributed by atoms with Gasteiger partial charge in [0.05, 0.1) is 4.34 Å². The molecule has 0 bridgehead atoms. The van der Waals surface area contributed by atoms with Crippen molar-refractivity contribution in [2.45, 2.75) is 12.8 Å². The van der Waals surface area contributed by atoms with Crippen molar-refractivity contribution >= 4 is 40.3 Å². The third-order valence-corrected chi connectivity index (χ3v) is 4.02. The van der Waals surface area contributed by atoms with Crippen LogP contribution in [0.5, 0.6) is 0 Å². The predicted octanol–water partition coefficient (Wildman–Crippen LogP) is 4.55. The van der Waals surface area contributed by atoms with Gasteiger partial charge in [0, 0.05) is 28.3 Å². The van der Waals surface area contributed by atoms with Crippen LogP contribution in [0.1, 0.15) is 10.4 Å². The Labute approximate surface area is 118 Å². The highest BCUT2D eigenvalue weighted by molar-refractivity contribution is 7.16. The maximum Gasteiger partial charge on any atom is 0.142 e. The van der Waals surface area contributed by atoms with Crippen LogP contribution in [0.4, 0.5) is 4.39 Å². The minimum Gasteiger partial charge on any atom is -0.299 e. The van der Waals surface area contributed by atoms with Gasteiger partial charge in [-0.05, 0) is 24.3 Å². The van der Waals surface area contributed by atoms with E-state index in [9.17, 15) is 9.18 Å². The summed E-state index contributed by atoms with van der Waals surface area (Å²) in [6.45, 7) is 0. The molecule has 0 atom stereocenters. The molecule has 0 aliphatic heterocycles. The Morgan fingerprint density at radius 3 is 2.56 bits per heavy atom. The van der Waals surface area contributed by atoms with Crippen molar-refractivity contribution < 1.29 is 9.18 Å². The van der Waals surface area contributed by atoms with Crippen molar-refractivity contribution in [1.29, 1.82) is 0 Å². The number of ketones is 1. The Morgan fingerprint density at radius 2 is 1.94 bits per heavy atom. The Morgan fingerprint density at radius 1 is 1.17 bits per heavy atom. The van der Waals surface area contributed by atoms with Gasteiger partial charge in [0.2, 0.25) is 0 Å². The third-order valence-electron chi connectivity index (χ3n) is 2.44. The Bertz CT molecular complexity index is 560. The number of carbonyl (C=O) groups is 1. The second kappa shape index (κ2) is 5.83. The summed E-state index contributed by atoms with van der Waals surface area (Å²) in [6.07, 6.45) is 0.253. The monoisotopic (exact) mass is 302 g/mol. The second-order valence-corrected chi connectivity index (χ2v) is 6.01. The Balaban J connectivity index is 2.08. The van der Waals surface area contributed by atoms with Gasteiger partial charge in [-0.15, -0.1) is 11.3 Å². The molecule has 0 amide bonds. The van der Waals surface area contributed by atoms with Gasteiger partial charge in [0.15, 0.2) is 0 Å². The molecular formula is C13H9Cl2FOS. The molecule has 0 spiro atoms. The molecule has 1 nitrogen and oxygen atoms in total.